The standard InChI is InChI=1S/C18H15Cl2N3O2S/c1-11(26-15-8-6-14(20)7-9-15)18(24)21-10-16-22-17(23-25-16)12-2-4-13(19)5-3-12/h2-9,11H,10H2,1H3,(H,21,24)/t11-/m1/s1. The number of nitrogens with one attached hydrogen (secondary N) is 1. The molecule has 0 aliphatic rings. The van der Waals surface area contributed by atoms with Gasteiger partial charge in [-0.15, -0.1) is 11.8 Å². The lowest BCUT2D eigenvalue weighted by Crippen LogP contribution is -2.30. The van der Waals surface area contributed by atoms with Gasteiger partial charge in [-0.2, -0.15) is 4.98 Å². The van der Waals surface area contributed by atoms with Crippen LogP contribution in [0.25, 0.3) is 11.4 Å². The summed E-state index contributed by atoms with van der Waals surface area (Å²) in [5.74, 6) is 0.678. The molecule has 0 saturated carbocycles. The quantitative estimate of drug-likeness (QED) is 0.591. The van der Waals surface area contributed by atoms with E-state index in [4.69, 9.17) is 27.7 Å². The molecule has 1 heterocycles. The maximum Gasteiger partial charge on any atom is 0.246 e. The Kier molecular flexibility index (Phi) is 6.19. The first-order valence-corrected chi connectivity index (χ1v) is 9.43. The summed E-state index contributed by atoms with van der Waals surface area (Å²) in [5.41, 5.74) is 0.794. The molecule has 0 unspecified atom stereocenters. The van der Waals surface area contributed by atoms with E-state index in [-0.39, 0.29) is 17.7 Å². The minimum absolute atomic E-state index is 0.115. The fourth-order valence-corrected chi connectivity index (χ4v) is 3.26. The Bertz CT molecular complexity index is 882. The van der Waals surface area contributed by atoms with Crippen LogP contribution in [0.4, 0.5) is 0 Å². The number of thioether (sulfide) groups is 1. The van der Waals surface area contributed by atoms with Gasteiger partial charge >= 0.3 is 0 Å². The van der Waals surface area contributed by atoms with Crippen molar-refractivity contribution in [3.05, 3.63) is 64.5 Å². The molecule has 26 heavy (non-hydrogen) atoms. The van der Waals surface area contributed by atoms with Crippen LogP contribution in [0.1, 0.15) is 12.8 Å². The molecular weight excluding hydrogens is 393 g/mol. The van der Waals surface area contributed by atoms with Crippen LogP contribution in [-0.4, -0.2) is 21.3 Å². The zero-order chi connectivity index (χ0) is 18.5. The van der Waals surface area contributed by atoms with E-state index in [0.717, 1.165) is 10.5 Å². The van der Waals surface area contributed by atoms with Crippen molar-refractivity contribution < 1.29 is 9.32 Å². The number of benzene rings is 2. The summed E-state index contributed by atoms with van der Waals surface area (Å²) >= 11 is 13.2. The third-order valence-corrected chi connectivity index (χ3v) is 5.10. The lowest BCUT2D eigenvalue weighted by Gasteiger charge is -2.10. The van der Waals surface area contributed by atoms with Crippen molar-refractivity contribution in [3.8, 4) is 11.4 Å². The van der Waals surface area contributed by atoms with Crippen LogP contribution in [0, 0.1) is 0 Å². The van der Waals surface area contributed by atoms with E-state index in [2.05, 4.69) is 15.5 Å². The maximum absolute atomic E-state index is 12.2. The molecule has 0 saturated heterocycles. The summed E-state index contributed by atoms with van der Waals surface area (Å²) in [4.78, 5) is 17.5. The van der Waals surface area contributed by atoms with Crippen molar-refractivity contribution >= 4 is 40.9 Å². The highest BCUT2D eigenvalue weighted by Crippen LogP contribution is 2.25. The Morgan fingerprint density at radius 3 is 2.38 bits per heavy atom. The highest BCUT2D eigenvalue weighted by molar-refractivity contribution is 8.00. The number of nitrogens with zero attached hydrogens (tertiary/aromatic N) is 2. The average molecular weight is 408 g/mol. The summed E-state index contributed by atoms with van der Waals surface area (Å²) < 4.78 is 5.18. The van der Waals surface area contributed by atoms with E-state index in [1.807, 2.05) is 19.1 Å². The van der Waals surface area contributed by atoms with Gasteiger partial charge in [0.1, 0.15) is 0 Å². The fraction of sp³-hybridized carbons (Fsp3) is 0.167. The molecule has 134 valence electrons. The zero-order valence-corrected chi connectivity index (χ0v) is 16.1. The predicted octanol–water partition coefficient (Wildman–Crippen LogP) is 4.84. The van der Waals surface area contributed by atoms with Crippen molar-refractivity contribution in [3.63, 3.8) is 0 Å². The summed E-state index contributed by atoms with van der Waals surface area (Å²) in [6.07, 6.45) is 0. The van der Waals surface area contributed by atoms with Crippen LogP contribution in [0.15, 0.2) is 57.9 Å². The molecule has 1 N–H and O–H groups in total. The largest absolute Gasteiger partial charge is 0.346 e. The summed E-state index contributed by atoms with van der Waals surface area (Å²) in [6.45, 7) is 2.01. The normalized spacial score (nSPS) is 12.0. The van der Waals surface area contributed by atoms with Gasteiger partial charge in [-0.1, -0.05) is 28.4 Å². The second kappa shape index (κ2) is 8.58. The van der Waals surface area contributed by atoms with Crippen LogP contribution < -0.4 is 5.32 Å². The third-order valence-electron chi connectivity index (χ3n) is 3.48. The Labute approximate surface area is 165 Å². The van der Waals surface area contributed by atoms with Crippen molar-refractivity contribution in [2.75, 3.05) is 0 Å². The van der Waals surface area contributed by atoms with Gasteiger partial charge in [-0.05, 0) is 55.5 Å². The van der Waals surface area contributed by atoms with Gasteiger partial charge in [0.05, 0.1) is 11.8 Å². The van der Waals surface area contributed by atoms with Gasteiger partial charge < -0.3 is 9.84 Å². The molecule has 1 atom stereocenters. The van der Waals surface area contributed by atoms with Gasteiger partial charge in [-0.3, -0.25) is 4.79 Å². The number of carbonyl (C=O) groups is 1. The monoisotopic (exact) mass is 407 g/mol. The van der Waals surface area contributed by atoms with E-state index in [0.29, 0.717) is 21.8 Å². The number of rotatable bonds is 6. The van der Waals surface area contributed by atoms with Crippen LogP contribution in [0.2, 0.25) is 10.0 Å². The van der Waals surface area contributed by atoms with E-state index in [1.165, 1.54) is 11.8 Å². The van der Waals surface area contributed by atoms with Gasteiger partial charge in [-0.25, -0.2) is 0 Å². The van der Waals surface area contributed by atoms with E-state index >= 15 is 0 Å². The molecule has 3 rings (SSSR count). The van der Waals surface area contributed by atoms with Gasteiger partial charge in [0.15, 0.2) is 0 Å². The molecule has 5 nitrogen and oxygen atoms in total. The minimum atomic E-state index is -0.269. The second-order valence-corrected chi connectivity index (χ2v) is 7.74. The third kappa shape index (κ3) is 5.00. The Hall–Kier alpha value is -2.02. The van der Waals surface area contributed by atoms with E-state index in [1.54, 1.807) is 36.4 Å². The van der Waals surface area contributed by atoms with E-state index < -0.39 is 0 Å². The van der Waals surface area contributed by atoms with E-state index in [9.17, 15) is 4.79 Å². The average Bonchev–Trinajstić information content (AvgIpc) is 3.11. The molecule has 1 amide bonds. The molecule has 8 heteroatoms. The molecule has 0 spiro atoms. The molecule has 1 aromatic heterocycles. The highest BCUT2D eigenvalue weighted by Gasteiger charge is 2.16. The number of carbonyl (C=O) groups excluding carboxylic acids is 1. The molecule has 0 bridgehead atoms. The Balaban J connectivity index is 1.54. The second-order valence-electron chi connectivity index (χ2n) is 5.45. The summed E-state index contributed by atoms with van der Waals surface area (Å²) in [6, 6.07) is 14.5. The van der Waals surface area contributed by atoms with Gasteiger partial charge in [0, 0.05) is 20.5 Å². The number of aromatic nitrogens is 2. The topological polar surface area (TPSA) is 68.0 Å². The first-order valence-electron chi connectivity index (χ1n) is 7.80. The predicted molar refractivity (Wildman–Crippen MR) is 103 cm³/mol. The molecule has 0 fully saturated rings. The molecule has 2 aromatic carbocycles. The van der Waals surface area contributed by atoms with Crippen LogP contribution in [0.3, 0.4) is 0 Å². The summed E-state index contributed by atoms with van der Waals surface area (Å²) in [7, 11) is 0. The van der Waals surface area contributed by atoms with Crippen molar-refractivity contribution in [2.45, 2.75) is 23.6 Å². The number of hydrogen-bond donors (Lipinski definition) is 1. The Morgan fingerprint density at radius 1 is 1.12 bits per heavy atom. The van der Waals surface area contributed by atoms with Gasteiger partial charge in [0.25, 0.3) is 0 Å². The number of amides is 1. The van der Waals surface area contributed by atoms with Crippen molar-refractivity contribution in [2.24, 2.45) is 0 Å². The minimum Gasteiger partial charge on any atom is -0.346 e. The number of hydrogen-bond acceptors (Lipinski definition) is 5. The van der Waals surface area contributed by atoms with Crippen LogP contribution in [-0.2, 0) is 11.3 Å². The molecule has 0 aliphatic heterocycles. The molecule has 0 aliphatic carbocycles. The van der Waals surface area contributed by atoms with Crippen molar-refractivity contribution in [1.29, 1.82) is 0 Å². The number of halogens is 2. The van der Waals surface area contributed by atoms with Crippen LogP contribution in [0.5, 0.6) is 0 Å². The fourth-order valence-electron chi connectivity index (χ4n) is 2.12. The SMILES string of the molecule is C[C@@H](Sc1ccc(Cl)cc1)C(=O)NCc1nc(-c2ccc(Cl)cc2)no1. The molecule has 3 aromatic rings. The summed E-state index contributed by atoms with van der Waals surface area (Å²) in [5, 5.41) is 7.75. The molecule has 0 radical (unpaired) electrons. The van der Waals surface area contributed by atoms with Crippen LogP contribution >= 0.6 is 35.0 Å². The highest BCUT2D eigenvalue weighted by atomic mass is 35.5. The lowest BCUT2D eigenvalue weighted by molar-refractivity contribution is -0.120. The van der Waals surface area contributed by atoms with Crippen molar-refractivity contribution in [1.82, 2.24) is 15.5 Å². The smallest absolute Gasteiger partial charge is 0.246 e. The Morgan fingerprint density at radius 2 is 1.73 bits per heavy atom. The first-order chi connectivity index (χ1) is 12.5. The molecular formula is C18H15Cl2N3O2S. The lowest BCUT2D eigenvalue weighted by atomic mass is 10.2. The van der Waals surface area contributed by atoms with Gasteiger partial charge in [0.2, 0.25) is 17.6 Å². The zero-order valence-electron chi connectivity index (χ0n) is 13.8. The maximum atomic E-state index is 12.2. The first kappa shape index (κ1) is 18.8.